The van der Waals surface area contributed by atoms with Gasteiger partial charge in [-0.25, -0.2) is 4.79 Å². The highest BCUT2D eigenvalue weighted by atomic mass is 16.7. The minimum Gasteiger partial charge on any atom is -0.448 e. The predicted molar refractivity (Wildman–Crippen MR) is 98.3 cm³/mol. The lowest BCUT2D eigenvalue weighted by Crippen LogP contribution is -2.34. The van der Waals surface area contributed by atoms with Gasteiger partial charge in [-0.2, -0.15) is 0 Å². The molecular formula is C19H21N3O5. The number of fused-ring (bicyclic) bond motifs is 1. The monoisotopic (exact) mass is 371 g/mol. The van der Waals surface area contributed by atoms with Crippen LogP contribution in [0.15, 0.2) is 27.8 Å². The smallest absolute Gasteiger partial charge is 0.325 e. The van der Waals surface area contributed by atoms with Crippen molar-refractivity contribution in [1.82, 2.24) is 9.97 Å². The number of hydrogen-bond acceptors (Lipinski definition) is 5. The Hall–Kier alpha value is -3.03. The molecule has 8 nitrogen and oxygen atoms in total. The number of aromatic nitrogens is 2. The molecule has 1 aromatic carbocycles. The first-order chi connectivity index (χ1) is 12.9. The fraction of sp³-hybridized carbons (Fsp3) is 0.421. The quantitative estimate of drug-likeness (QED) is 0.761. The van der Waals surface area contributed by atoms with Crippen LogP contribution >= 0.6 is 0 Å². The van der Waals surface area contributed by atoms with Crippen LogP contribution in [0.1, 0.15) is 43.4 Å². The van der Waals surface area contributed by atoms with E-state index in [0.29, 0.717) is 28.4 Å². The normalized spacial score (nSPS) is 16.6. The van der Waals surface area contributed by atoms with E-state index < -0.39 is 17.0 Å². The molecule has 0 unspecified atom stereocenters. The van der Waals surface area contributed by atoms with Gasteiger partial charge >= 0.3 is 5.69 Å². The molecule has 1 aliphatic heterocycles. The number of carbonyl (C=O) groups is 1. The summed E-state index contributed by atoms with van der Waals surface area (Å²) in [5.41, 5.74) is 0.477. The van der Waals surface area contributed by atoms with Crippen LogP contribution in [-0.2, 0) is 11.2 Å². The van der Waals surface area contributed by atoms with Crippen LogP contribution in [0.5, 0.6) is 11.5 Å². The summed E-state index contributed by atoms with van der Waals surface area (Å²) < 4.78 is 12.0. The third-order valence-corrected chi connectivity index (χ3v) is 5.04. The Balaban J connectivity index is 1.40. The topological polar surface area (TPSA) is 113 Å². The van der Waals surface area contributed by atoms with Gasteiger partial charge in [0.15, 0.2) is 11.5 Å². The minimum atomic E-state index is -0.550. The van der Waals surface area contributed by atoms with Crippen molar-refractivity contribution in [2.75, 3.05) is 5.32 Å². The zero-order valence-corrected chi connectivity index (χ0v) is 15.0. The van der Waals surface area contributed by atoms with Crippen molar-refractivity contribution in [3.05, 3.63) is 50.3 Å². The standard InChI is InChI=1S/C19H21N3O5/c1-11-13(17(24)22-18(25)20-11)5-7-16(23)21-12-4-6-14-15(10-12)27-19(26-14)8-2-3-9-19/h4,6,10H,2-3,5,7-9H2,1H3,(H,21,23)(H2,20,22,24,25). The van der Waals surface area contributed by atoms with Crippen LogP contribution in [-0.4, -0.2) is 21.7 Å². The van der Waals surface area contributed by atoms with Crippen LogP contribution in [0, 0.1) is 6.92 Å². The lowest BCUT2D eigenvalue weighted by Gasteiger charge is -2.21. The number of aryl methyl sites for hydroxylation is 1. The first-order valence-corrected chi connectivity index (χ1v) is 9.08. The molecule has 0 saturated heterocycles. The van der Waals surface area contributed by atoms with Gasteiger partial charge in [0.2, 0.25) is 5.91 Å². The number of rotatable bonds is 4. The van der Waals surface area contributed by atoms with Crippen molar-refractivity contribution in [3.8, 4) is 11.5 Å². The Kier molecular flexibility index (Phi) is 4.25. The molecule has 142 valence electrons. The van der Waals surface area contributed by atoms with Crippen LogP contribution in [0.3, 0.4) is 0 Å². The Bertz CT molecular complexity index is 1000. The van der Waals surface area contributed by atoms with Crippen molar-refractivity contribution >= 4 is 11.6 Å². The van der Waals surface area contributed by atoms with Crippen molar-refractivity contribution in [1.29, 1.82) is 0 Å². The Labute approximate surface area is 154 Å². The highest BCUT2D eigenvalue weighted by molar-refractivity contribution is 5.91. The number of amides is 1. The van der Waals surface area contributed by atoms with Crippen molar-refractivity contribution in [2.24, 2.45) is 0 Å². The summed E-state index contributed by atoms with van der Waals surface area (Å²) in [6, 6.07) is 5.33. The van der Waals surface area contributed by atoms with Gasteiger partial charge in [0.25, 0.3) is 11.3 Å². The molecule has 1 spiro atoms. The molecule has 1 amide bonds. The number of aromatic amines is 2. The van der Waals surface area contributed by atoms with E-state index in [2.05, 4.69) is 15.3 Å². The van der Waals surface area contributed by atoms with Gasteiger partial charge in [0.1, 0.15) is 0 Å². The maximum absolute atomic E-state index is 12.3. The molecule has 2 aliphatic rings. The van der Waals surface area contributed by atoms with Gasteiger partial charge in [-0.3, -0.25) is 14.6 Å². The number of hydrogen-bond donors (Lipinski definition) is 3. The van der Waals surface area contributed by atoms with Gasteiger partial charge in [0, 0.05) is 42.3 Å². The molecular weight excluding hydrogens is 350 g/mol. The van der Waals surface area contributed by atoms with Gasteiger partial charge in [-0.15, -0.1) is 0 Å². The number of carbonyl (C=O) groups excluding carboxylic acids is 1. The van der Waals surface area contributed by atoms with E-state index in [1.165, 1.54) is 0 Å². The average Bonchev–Trinajstić information content (AvgIpc) is 3.19. The molecule has 27 heavy (non-hydrogen) atoms. The first-order valence-electron chi connectivity index (χ1n) is 9.08. The minimum absolute atomic E-state index is 0.119. The van der Waals surface area contributed by atoms with Crippen LogP contribution in [0.4, 0.5) is 5.69 Å². The number of H-pyrrole nitrogens is 2. The van der Waals surface area contributed by atoms with E-state index in [1.54, 1.807) is 25.1 Å². The fourth-order valence-corrected chi connectivity index (χ4v) is 3.68. The van der Waals surface area contributed by atoms with E-state index >= 15 is 0 Å². The van der Waals surface area contributed by atoms with Gasteiger partial charge in [-0.1, -0.05) is 0 Å². The summed E-state index contributed by atoms with van der Waals surface area (Å²) in [5.74, 6) is 0.579. The number of anilines is 1. The summed E-state index contributed by atoms with van der Waals surface area (Å²) in [5, 5.41) is 2.81. The van der Waals surface area contributed by atoms with Crippen molar-refractivity contribution in [2.45, 2.75) is 51.2 Å². The summed E-state index contributed by atoms with van der Waals surface area (Å²) in [7, 11) is 0. The van der Waals surface area contributed by atoms with Crippen molar-refractivity contribution in [3.63, 3.8) is 0 Å². The van der Waals surface area contributed by atoms with Gasteiger partial charge in [-0.05, 0) is 38.3 Å². The Morgan fingerprint density at radius 1 is 1.15 bits per heavy atom. The molecule has 8 heteroatoms. The number of benzene rings is 1. The van der Waals surface area contributed by atoms with Crippen LogP contribution in [0.25, 0.3) is 0 Å². The maximum Gasteiger partial charge on any atom is 0.325 e. The summed E-state index contributed by atoms with van der Waals surface area (Å²) in [6.45, 7) is 1.64. The largest absolute Gasteiger partial charge is 0.448 e. The second-order valence-corrected chi connectivity index (χ2v) is 7.04. The van der Waals surface area contributed by atoms with E-state index in [9.17, 15) is 14.4 Å². The van der Waals surface area contributed by atoms with Crippen molar-refractivity contribution < 1.29 is 14.3 Å². The van der Waals surface area contributed by atoms with E-state index in [-0.39, 0.29) is 18.7 Å². The van der Waals surface area contributed by atoms with Gasteiger partial charge in [0.05, 0.1) is 0 Å². The highest BCUT2D eigenvalue weighted by Gasteiger charge is 2.44. The molecule has 1 aromatic heterocycles. The maximum atomic E-state index is 12.3. The molecule has 2 heterocycles. The van der Waals surface area contributed by atoms with Crippen LogP contribution in [0.2, 0.25) is 0 Å². The second-order valence-electron chi connectivity index (χ2n) is 7.04. The second kappa shape index (κ2) is 6.61. The first kappa shape index (κ1) is 17.4. The third kappa shape index (κ3) is 3.47. The molecule has 0 atom stereocenters. The number of ether oxygens (including phenoxy) is 2. The molecule has 0 radical (unpaired) electrons. The highest BCUT2D eigenvalue weighted by Crippen LogP contribution is 2.47. The molecule has 0 bridgehead atoms. The fourth-order valence-electron chi connectivity index (χ4n) is 3.68. The summed E-state index contributed by atoms with van der Waals surface area (Å²) in [6.07, 6.45) is 4.26. The van der Waals surface area contributed by atoms with Crippen LogP contribution < -0.4 is 26.0 Å². The van der Waals surface area contributed by atoms with Gasteiger partial charge < -0.3 is 19.8 Å². The molecule has 3 N–H and O–H groups in total. The number of nitrogens with one attached hydrogen (secondary N) is 3. The lowest BCUT2D eigenvalue weighted by atomic mass is 10.1. The summed E-state index contributed by atoms with van der Waals surface area (Å²) in [4.78, 5) is 40.0. The average molecular weight is 371 g/mol. The predicted octanol–water partition coefficient (Wildman–Crippen LogP) is 1.98. The molecule has 1 saturated carbocycles. The summed E-state index contributed by atoms with van der Waals surface area (Å²) >= 11 is 0. The van der Waals surface area contributed by atoms with E-state index in [0.717, 1.165) is 25.7 Å². The Morgan fingerprint density at radius 2 is 1.89 bits per heavy atom. The third-order valence-electron chi connectivity index (χ3n) is 5.04. The molecule has 1 fully saturated rings. The zero-order valence-electron chi connectivity index (χ0n) is 15.0. The van der Waals surface area contributed by atoms with E-state index in [1.807, 2.05) is 0 Å². The zero-order chi connectivity index (χ0) is 19.0. The lowest BCUT2D eigenvalue weighted by molar-refractivity contribution is -0.116. The molecule has 4 rings (SSSR count). The molecule has 1 aliphatic carbocycles. The molecule has 2 aromatic rings. The Morgan fingerprint density at radius 3 is 2.63 bits per heavy atom. The van der Waals surface area contributed by atoms with E-state index in [4.69, 9.17) is 9.47 Å². The SMILES string of the molecule is Cc1[nH]c(=O)[nH]c(=O)c1CCC(=O)Nc1ccc2c(c1)OC1(CCCC1)O2.